The van der Waals surface area contributed by atoms with Crippen LogP contribution in [0.5, 0.6) is 0 Å². The maximum atomic E-state index is 9.80. The van der Waals surface area contributed by atoms with E-state index in [4.69, 9.17) is 10.8 Å². The van der Waals surface area contributed by atoms with Crippen molar-refractivity contribution in [3.63, 3.8) is 0 Å². The number of aliphatic hydroxyl groups is 3. The number of hydrogen-bond donors (Lipinski definition) is 5. The number of nitrogens with one attached hydrogen (secondary N) is 1. The standard InChI is InChI=1S/C10H15N3O3/c11-7-2-1-5(3-12-7)8-10(16)9(15)6(4-14)13-8/h1-3,6,8-10,13-16H,4H2,(H2,11,12). The van der Waals surface area contributed by atoms with Crippen LogP contribution in [0.2, 0.25) is 0 Å². The van der Waals surface area contributed by atoms with Crippen molar-refractivity contribution in [3.8, 4) is 0 Å². The van der Waals surface area contributed by atoms with Gasteiger partial charge in [0.1, 0.15) is 11.9 Å². The molecular formula is C10H15N3O3. The van der Waals surface area contributed by atoms with Gasteiger partial charge in [-0.25, -0.2) is 4.98 Å². The van der Waals surface area contributed by atoms with Gasteiger partial charge < -0.3 is 26.4 Å². The van der Waals surface area contributed by atoms with Crippen LogP contribution in [-0.4, -0.2) is 45.2 Å². The number of anilines is 1. The quantitative estimate of drug-likeness (QED) is 0.414. The van der Waals surface area contributed by atoms with Crippen LogP contribution in [-0.2, 0) is 0 Å². The molecule has 4 atom stereocenters. The molecule has 6 heteroatoms. The number of nitrogens with two attached hydrogens (primary N) is 1. The van der Waals surface area contributed by atoms with Gasteiger partial charge in [-0.2, -0.15) is 0 Å². The fourth-order valence-corrected chi connectivity index (χ4v) is 1.92. The van der Waals surface area contributed by atoms with E-state index in [1.807, 2.05) is 0 Å². The van der Waals surface area contributed by atoms with Gasteiger partial charge in [0.05, 0.1) is 24.8 Å². The summed E-state index contributed by atoms with van der Waals surface area (Å²) in [5.74, 6) is 0.399. The van der Waals surface area contributed by atoms with Crippen molar-refractivity contribution in [1.82, 2.24) is 10.3 Å². The second-order valence-corrected chi connectivity index (χ2v) is 3.93. The molecule has 0 bridgehead atoms. The summed E-state index contributed by atoms with van der Waals surface area (Å²) >= 11 is 0. The minimum Gasteiger partial charge on any atom is -0.395 e. The molecular weight excluding hydrogens is 210 g/mol. The lowest BCUT2D eigenvalue weighted by atomic mass is 10.0. The highest BCUT2D eigenvalue weighted by atomic mass is 16.3. The molecule has 16 heavy (non-hydrogen) atoms. The fraction of sp³-hybridized carbons (Fsp3) is 0.500. The molecule has 88 valence electrons. The molecule has 2 rings (SSSR count). The first-order valence-corrected chi connectivity index (χ1v) is 5.08. The second kappa shape index (κ2) is 4.34. The predicted molar refractivity (Wildman–Crippen MR) is 57.4 cm³/mol. The molecule has 0 radical (unpaired) electrons. The van der Waals surface area contributed by atoms with Crippen molar-refractivity contribution in [2.45, 2.75) is 24.3 Å². The van der Waals surface area contributed by atoms with E-state index in [2.05, 4.69) is 10.3 Å². The Morgan fingerprint density at radius 2 is 2.06 bits per heavy atom. The predicted octanol–water partition coefficient (Wildman–Crippen LogP) is -1.61. The van der Waals surface area contributed by atoms with Crippen LogP contribution in [0.25, 0.3) is 0 Å². The summed E-state index contributed by atoms with van der Waals surface area (Å²) in [7, 11) is 0. The zero-order chi connectivity index (χ0) is 11.7. The van der Waals surface area contributed by atoms with Crippen molar-refractivity contribution in [3.05, 3.63) is 23.9 Å². The SMILES string of the molecule is Nc1ccc(C2NC(CO)C(O)C2O)cn1. The minimum atomic E-state index is -0.979. The summed E-state index contributed by atoms with van der Waals surface area (Å²) in [5, 5.41) is 31.4. The Morgan fingerprint density at radius 3 is 2.56 bits per heavy atom. The van der Waals surface area contributed by atoms with Crippen molar-refractivity contribution in [1.29, 1.82) is 0 Å². The summed E-state index contributed by atoms with van der Waals surface area (Å²) in [6, 6.07) is 2.41. The van der Waals surface area contributed by atoms with E-state index in [0.717, 1.165) is 5.56 Å². The zero-order valence-corrected chi connectivity index (χ0v) is 8.61. The Kier molecular flexibility index (Phi) is 3.06. The first kappa shape index (κ1) is 11.3. The van der Waals surface area contributed by atoms with E-state index >= 15 is 0 Å². The molecule has 0 amide bonds. The molecule has 0 aliphatic carbocycles. The Balaban J connectivity index is 2.19. The van der Waals surface area contributed by atoms with Crippen molar-refractivity contribution in [2.75, 3.05) is 12.3 Å². The third-order valence-electron chi connectivity index (χ3n) is 2.86. The summed E-state index contributed by atoms with van der Waals surface area (Å²) < 4.78 is 0. The van der Waals surface area contributed by atoms with E-state index in [-0.39, 0.29) is 6.61 Å². The van der Waals surface area contributed by atoms with Crippen LogP contribution in [0.3, 0.4) is 0 Å². The number of nitrogen functional groups attached to an aromatic ring is 1. The van der Waals surface area contributed by atoms with E-state index in [1.165, 1.54) is 0 Å². The molecule has 1 fully saturated rings. The van der Waals surface area contributed by atoms with Gasteiger partial charge in [-0.3, -0.25) is 0 Å². The molecule has 0 aromatic carbocycles. The zero-order valence-electron chi connectivity index (χ0n) is 8.61. The normalized spacial score (nSPS) is 34.2. The number of pyridine rings is 1. The highest BCUT2D eigenvalue weighted by Gasteiger charge is 2.41. The van der Waals surface area contributed by atoms with Gasteiger partial charge in [-0.1, -0.05) is 6.07 Å². The highest BCUT2D eigenvalue weighted by molar-refractivity contribution is 5.31. The maximum Gasteiger partial charge on any atom is 0.123 e. The van der Waals surface area contributed by atoms with Gasteiger partial charge in [-0.15, -0.1) is 0 Å². The molecule has 1 aliphatic heterocycles. The molecule has 6 N–H and O–H groups in total. The number of aromatic nitrogens is 1. The summed E-state index contributed by atoms with van der Waals surface area (Å²) in [6.45, 7) is -0.225. The molecule has 1 aromatic heterocycles. The van der Waals surface area contributed by atoms with E-state index in [1.54, 1.807) is 18.3 Å². The molecule has 1 saturated heterocycles. The van der Waals surface area contributed by atoms with Crippen molar-refractivity contribution in [2.24, 2.45) is 0 Å². The molecule has 6 nitrogen and oxygen atoms in total. The molecule has 1 aromatic rings. The Bertz CT molecular complexity index is 357. The van der Waals surface area contributed by atoms with Gasteiger partial charge in [0.2, 0.25) is 0 Å². The first-order chi connectivity index (χ1) is 7.63. The van der Waals surface area contributed by atoms with E-state index in [0.29, 0.717) is 5.82 Å². The fourth-order valence-electron chi connectivity index (χ4n) is 1.92. The Hall–Kier alpha value is -1.21. The van der Waals surface area contributed by atoms with E-state index in [9.17, 15) is 10.2 Å². The Labute approximate surface area is 92.7 Å². The Morgan fingerprint density at radius 1 is 1.31 bits per heavy atom. The highest BCUT2D eigenvalue weighted by Crippen LogP contribution is 2.27. The summed E-state index contributed by atoms with van der Waals surface area (Å²) in [4.78, 5) is 3.92. The summed E-state index contributed by atoms with van der Waals surface area (Å²) in [5.41, 5.74) is 6.19. The number of nitrogens with zero attached hydrogens (tertiary/aromatic N) is 1. The number of hydrogen-bond acceptors (Lipinski definition) is 6. The van der Waals surface area contributed by atoms with Gasteiger partial charge in [0, 0.05) is 6.20 Å². The number of aliphatic hydroxyl groups excluding tert-OH is 3. The largest absolute Gasteiger partial charge is 0.395 e. The smallest absolute Gasteiger partial charge is 0.123 e. The van der Waals surface area contributed by atoms with Gasteiger partial charge in [0.25, 0.3) is 0 Å². The molecule has 2 heterocycles. The second-order valence-electron chi connectivity index (χ2n) is 3.93. The van der Waals surface area contributed by atoms with Crippen molar-refractivity contribution >= 4 is 5.82 Å². The minimum absolute atomic E-state index is 0.225. The van der Waals surface area contributed by atoms with Crippen LogP contribution in [0, 0.1) is 0 Å². The van der Waals surface area contributed by atoms with Crippen LogP contribution >= 0.6 is 0 Å². The molecule has 4 unspecified atom stereocenters. The average Bonchev–Trinajstić information content (AvgIpc) is 2.57. The molecule has 0 saturated carbocycles. The van der Waals surface area contributed by atoms with Crippen LogP contribution in [0.15, 0.2) is 18.3 Å². The first-order valence-electron chi connectivity index (χ1n) is 5.08. The maximum absolute atomic E-state index is 9.80. The average molecular weight is 225 g/mol. The lowest BCUT2D eigenvalue weighted by Crippen LogP contribution is -2.35. The van der Waals surface area contributed by atoms with Crippen LogP contribution in [0.1, 0.15) is 11.6 Å². The van der Waals surface area contributed by atoms with Crippen LogP contribution in [0.4, 0.5) is 5.82 Å². The monoisotopic (exact) mass is 225 g/mol. The summed E-state index contributed by atoms with van der Waals surface area (Å²) in [6.07, 6.45) is -0.391. The van der Waals surface area contributed by atoms with Gasteiger partial charge >= 0.3 is 0 Å². The lowest BCUT2D eigenvalue weighted by molar-refractivity contribution is 0.0194. The van der Waals surface area contributed by atoms with Gasteiger partial charge in [0.15, 0.2) is 0 Å². The number of rotatable bonds is 2. The topological polar surface area (TPSA) is 112 Å². The van der Waals surface area contributed by atoms with Crippen molar-refractivity contribution < 1.29 is 15.3 Å². The van der Waals surface area contributed by atoms with Gasteiger partial charge in [-0.05, 0) is 11.6 Å². The molecule has 0 spiro atoms. The third-order valence-corrected chi connectivity index (χ3v) is 2.86. The lowest BCUT2D eigenvalue weighted by Gasteiger charge is -2.15. The van der Waals surface area contributed by atoms with Crippen LogP contribution < -0.4 is 11.1 Å². The third kappa shape index (κ3) is 1.88. The van der Waals surface area contributed by atoms with E-state index < -0.39 is 24.3 Å². The molecule has 1 aliphatic rings.